The lowest BCUT2D eigenvalue weighted by molar-refractivity contribution is 0.0689. The monoisotopic (exact) mass is 276 g/mol. The summed E-state index contributed by atoms with van der Waals surface area (Å²) in [6.07, 6.45) is 8.81. The number of carbonyl (C=O) groups excluding carboxylic acids is 1. The third-order valence-electron chi connectivity index (χ3n) is 3.81. The first-order valence-corrected chi connectivity index (χ1v) is 7.14. The largest absolute Gasteiger partial charge is 0.477 e. The van der Waals surface area contributed by atoms with Gasteiger partial charge in [0.05, 0.1) is 5.56 Å². The summed E-state index contributed by atoms with van der Waals surface area (Å²) in [5.74, 6) is -0.545. The van der Waals surface area contributed by atoms with Gasteiger partial charge in [0.25, 0.3) is 5.91 Å². The van der Waals surface area contributed by atoms with E-state index in [9.17, 15) is 9.59 Å². The highest BCUT2D eigenvalue weighted by Gasteiger charge is 2.14. The van der Waals surface area contributed by atoms with Crippen LogP contribution < -0.4 is 5.32 Å². The van der Waals surface area contributed by atoms with Crippen LogP contribution in [-0.2, 0) is 0 Å². The second-order valence-electron chi connectivity index (χ2n) is 5.29. The lowest BCUT2D eigenvalue weighted by atomic mass is 9.87. The molecule has 20 heavy (non-hydrogen) atoms. The van der Waals surface area contributed by atoms with Crippen LogP contribution in [0.2, 0.25) is 0 Å². The number of carboxylic acid groups (broad SMARTS) is 1. The van der Waals surface area contributed by atoms with E-state index in [1.165, 1.54) is 50.4 Å². The van der Waals surface area contributed by atoms with Crippen LogP contribution in [0.15, 0.2) is 18.3 Å². The molecule has 1 amide bonds. The Morgan fingerprint density at radius 2 is 2.00 bits per heavy atom. The molecule has 0 atom stereocenters. The molecule has 2 N–H and O–H groups in total. The molecule has 0 unspecified atom stereocenters. The smallest absolute Gasteiger partial charge is 0.354 e. The van der Waals surface area contributed by atoms with E-state index in [2.05, 4.69) is 10.3 Å². The zero-order valence-electron chi connectivity index (χ0n) is 11.5. The molecule has 108 valence electrons. The molecule has 1 fully saturated rings. The van der Waals surface area contributed by atoms with Gasteiger partial charge in [0.15, 0.2) is 0 Å². The van der Waals surface area contributed by atoms with Crippen molar-refractivity contribution in [3.05, 3.63) is 29.6 Å². The molecule has 0 radical (unpaired) electrons. The average molecular weight is 276 g/mol. The van der Waals surface area contributed by atoms with Crippen molar-refractivity contribution in [3.8, 4) is 0 Å². The van der Waals surface area contributed by atoms with Crippen molar-refractivity contribution < 1.29 is 14.7 Å². The van der Waals surface area contributed by atoms with E-state index < -0.39 is 5.97 Å². The van der Waals surface area contributed by atoms with E-state index in [1.54, 1.807) is 0 Å². The van der Waals surface area contributed by atoms with Gasteiger partial charge in [0, 0.05) is 12.7 Å². The number of pyridine rings is 1. The van der Waals surface area contributed by atoms with Crippen molar-refractivity contribution in [1.29, 1.82) is 0 Å². The first-order valence-electron chi connectivity index (χ1n) is 7.14. The first kappa shape index (κ1) is 14.5. The van der Waals surface area contributed by atoms with Crippen LogP contribution in [0.25, 0.3) is 0 Å². The molecule has 5 heteroatoms. The summed E-state index contributed by atoms with van der Waals surface area (Å²) in [4.78, 5) is 26.3. The quantitative estimate of drug-likeness (QED) is 0.866. The number of hydrogen-bond acceptors (Lipinski definition) is 3. The number of nitrogens with zero attached hydrogens (tertiary/aromatic N) is 1. The van der Waals surface area contributed by atoms with E-state index in [0.29, 0.717) is 12.1 Å². The van der Waals surface area contributed by atoms with Gasteiger partial charge in [0.2, 0.25) is 0 Å². The van der Waals surface area contributed by atoms with Crippen LogP contribution in [0.1, 0.15) is 59.4 Å². The number of rotatable bonds is 5. The van der Waals surface area contributed by atoms with Crippen molar-refractivity contribution in [2.45, 2.75) is 38.5 Å². The Labute approximate surface area is 118 Å². The number of aromatic nitrogens is 1. The van der Waals surface area contributed by atoms with Crippen molar-refractivity contribution >= 4 is 11.9 Å². The van der Waals surface area contributed by atoms with Crippen LogP contribution in [0.3, 0.4) is 0 Å². The average Bonchev–Trinajstić information content (AvgIpc) is 2.48. The van der Waals surface area contributed by atoms with E-state index in [-0.39, 0.29) is 11.6 Å². The second-order valence-corrected chi connectivity index (χ2v) is 5.29. The number of carbonyl (C=O) groups is 2. The molecule has 1 aliphatic carbocycles. The maximum Gasteiger partial charge on any atom is 0.354 e. The normalized spacial score (nSPS) is 15.8. The molecule has 2 rings (SSSR count). The van der Waals surface area contributed by atoms with Gasteiger partial charge < -0.3 is 10.4 Å². The van der Waals surface area contributed by atoms with Gasteiger partial charge >= 0.3 is 5.97 Å². The zero-order valence-corrected chi connectivity index (χ0v) is 11.5. The third-order valence-corrected chi connectivity index (χ3v) is 3.81. The van der Waals surface area contributed by atoms with Gasteiger partial charge in [-0.2, -0.15) is 0 Å². The van der Waals surface area contributed by atoms with Crippen LogP contribution in [-0.4, -0.2) is 28.5 Å². The molecule has 0 spiro atoms. The van der Waals surface area contributed by atoms with Gasteiger partial charge in [0.1, 0.15) is 5.69 Å². The molecule has 1 saturated carbocycles. The SMILES string of the molecule is O=C(NCCC1CCCCC1)c1ccc(C(=O)O)nc1. The van der Waals surface area contributed by atoms with Gasteiger partial charge in [-0.25, -0.2) is 9.78 Å². The molecule has 0 bridgehead atoms. The number of aromatic carboxylic acids is 1. The van der Waals surface area contributed by atoms with Crippen molar-refractivity contribution in [2.24, 2.45) is 5.92 Å². The molecule has 1 aromatic heterocycles. The maximum absolute atomic E-state index is 11.9. The fourth-order valence-corrected chi connectivity index (χ4v) is 2.62. The number of amides is 1. The minimum absolute atomic E-state index is 0.0521. The highest BCUT2D eigenvalue weighted by molar-refractivity contribution is 5.94. The fourth-order valence-electron chi connectivity index (χ4n) is 2.62. The van der Waals surface area contributed by atoms with E-state index in [1.807, 2.05) is 0 Å². The van der Waals surface area contributed by atoms with Crippen LogP contribution in [0.5, 0.6) is 0 Å². The minimum Gasteiger partial charge on any atom is -0.477 e. The highest BCUT2D eigenvalue weighted by atomic mass is 16.4. The lowest BCUT2D eigenvalue weighted by Gasteiger charge is -2.21. The second kappa shape index (κ2) is 7.03. The molecular weight excluding hydrogens is 256 g/mol. The zero-order chi connectivity index (χ0) is 14.4. The molecular formula is C15H20N2O3. The van der Waals surface area contributed by atoms with Gasteiger partial charge in [-0.05, 0) is 24.5 Å². The van der Waals surface area contributed by atoms with Crippen molar-refractivity contribution in [3.63, 3.8) is 0 Å². The Bertz CT molecular complexity index is 465. The van der Waals surface area contributed by atoms with Crippen molar-refractivity contribution in [2.75, 3.05) is 6.54 Å². The standard InChI is InChI=1S/C15H20N2O3/c18-14(12-6-7-13(15(19)20)17-10-12)16-9-8-11-4-2-1-3-5-11/h6-7,10-11H,1-5,8-9H2,(H,16,18)(H,19,20). The van der Waals surface area contributed by atoms with Gasteiger partial charge in [-0.15, -0.1) is 0 Å². The summed E-state index contributed by atoms with van der Waals surface area (Å²) >= 11 is 0. The minimum atomic E-state index is -1.09. The molecule has 0 saturated heterocycles. The summed E-state index contributed by atoms with van der Waals surface area (Å²) in [6.45, 7) is 0.671. The predicted molar refractivity (Wildman–Crippen MR) is 74.7 cm³/mol. The first-order chi connectivity index (χ1) is 9.66. The maximum atomic E-state index is 11.9. The molecule has 5 nitrogen and oxygen atoms in total. The molecule has 1 aliphatic rings. The summed E-state index contributed by atoms with van der Waals surface area (Å²) < 4.78 is 0. The van der Waals surface area contributed by atoms with Crippen molar-refractivity contribution in [1.82, 2.24) is 10.3 Å². The summed E-state index contributed by atoms with van der Waals surface area (Å²) in [6, 6.07) is 2.84. The van der Waals surface area contributed by atoms with Crippen LogP contribution >= 0.6 is 0 Å². The summed E-state index contributed by atoms with van der Waals surface area (Å²) in [7, 11) is 0. The topological polar surface area (TPSA) is 79.3 Å². The molecule has 1 heterocycles. The Kier molecular flexibility index (Phi) is 5.09. The summed E-state index contributed by atoms with van der Waals surface area (Å²) in [5, 5.41) is 11.6. The third kappa shape index (κ3) is 4.05. The number of hydrogen-bond donors (Lipinski definition) is 2. The Hall–Kier alpha value is -1.91. The van der Waals surface area contributed by atoms with Crippen LogP contribution in [0, 0.1) is 5.92 Å². The molecule has 1 aromatic rings. The number of nitrogens with one attached hydrogen (secondary N) is 1. The van der Waals surface area contributed by atoms with Crippen LogP contribution in [0.4, 0.5) is 0 Å². The predicted octanol–water partition coefficient (Wildman–Crippen LogP) is 2.48. The fraction of sp³-hybridized carbons (Fsp3) is 0.533. The van der Waals surface area contributed by atoms with E-state index in [0.717, 1.165) is 12.3 Å². The highest BCUT2D eigenvalue weighted by Crippen LogP contribution is 2.25. The lowest BCUT2D eigenvalue weighted by Crippen LogP contribution is -2.26. The summed E-state index contributed by atoms with van der Waals surface area (Å²) in [5.41, 5.74) is 0.349. The van der Waals surface area contributed by atoms with E-state index >= 15 is 0 Å². The Morgan fingerprint density at radius 3 is 2.60 bits per heavy atom. The Morgan fingerprint density at radius 1 is 1.25 bits per heavy atom. The van der Waals surface area contributed by atoms with Gasteiger partial charge in [-0.3, -0.25) is 4.79 Å². The molecule has 0 aliphatic heterocycles. The van der Waals surface area contributed by atoms with E-state index in [4.69, 9.17) is 5.11 Å². The van der Waals surface area contributed by atoms with Gasteiger partial charge in [-0.1, -0.05) is 32.1 Å². The number of carboxylic acids is 1. The molecule has 0 aromatic carbocycles. The Balaban J connectivity index is 1.77.